The maximum Gasteiger partial charge on any atom is 0.267 e. The zero-order valence-corrected chi connectivity index (χ0v) is 6.72. The second kappa shape index (κ2) is 2.54. The van der Waals surface area contributed by atoms with Crippen LogP contribution in [0.5, 0.6) is 0 Å². The molecule has 1 saturated carbocycles. The van der Waals surface area contributed by atoms with Crippen molar-refractivity contribution in [1.82, 2.24) is 9.78 Å². The van der Waals surface area contributed by atoms with Crippen LogP contribution in [0.25, 0.3) is 0 Å². The van der Waals surface area contributed by atoms with Crippen LogP contribution in [-0.2, 0) is 7.05 Å². The third-order valence-electron chi connectivity index (χ3n) is 2.13. The number of hydrogen-bond donors (Lipinski definition) is 0. The zero-order chi connectivity index (χ0) is 8.72. The lowest BCUT2D eigenvalue weighted by Crippen LogP contribution is -1.98. The highest BCUT2D eigenvalue weighted by Crippen LogP contribution is 2.43. The SMILES string of the molecule is Cn1n[c]c(C(F)F)c1C1CC1. The molecule has 1 heterocycles. The van der Waals surface area contributed by atoms with E-state index in [0.717, 1.165) is 12.8 Å². The summed E-state index contributed by atoms with van der Waals surface area (Å²) in [4.78, 5) is 0. The van der Waals surface area contributed by atoms with E-state index in [1.807, 2.05) is 0 Å². The monoisotopic (exact) mass is 171 g/mol. The van der Waals surface area contributed by atoms with Gasteiger partial charge in [-0.05, 0) is 12.8 Å². The summed E-state index contributed by atoms with van der Waals surface area (Å²) in [6.07, 6.45) is 1.94. The summed E-state index contributed by atoms with van der Waals surface area (Å²) >= 11 is 0. The predicted molar refractivity (Wildman–Crippen MR) is 39.0 cm³/mol. The van der Waals surface area contributed by atoms with Gasteiger partial charge in [-0.15, -0.1) is 0 Å². The smallest absolute Gasteiger partial charge is 0.267 e. The Bertz CT molecular complexity index is 289. The molecule has 2 nitrogen and oxygen atoms in total. The molecule has 4 heteroatoms. The van der Waals surface area contributed by atoms with Crippen LogP contribution in [0.15, 0.2) is 0 Å². The van der Waals surface area contributed by atoms with Crippen LogP contribution in [-0.4, -0.2) is 9.78 Å². The van der Waals surface area contributed by atoms with Gasteiger partial charge in [0, 0.05) is 13.0 Å². The fraction of sp³-hybridized carbons (Fsp3) is 0.625. The second-order valence-electron chi connectivity index (χ2n) is 3.11. The third kappa shape index (κ3) is 1.11. The summed E-state index contributed by atoms with van der Waals surface area (Å²) in [7, 11) is 1.69. The Labute approximate surface area is 69.2 Å². The summed E-state index contributed by atoms with van der Waals surface area (Å²) in [5.41, 5.74) is 0.657. The van der Waals surface area contributed by atoms with Crippen molar-refractivity contribution in [2.75, 3.05) is 0 Å². The van der Waals surface area contributed by atoms with E-state index in [4.69, 9.17) is 0 Å². The van der Waals surface area contributed by atoms with Crippen LogP contribution >= 0.6 is 0 Å². The molecule has 12 heavy (non-hydrogen) atoms. The molecule has 0 unspecified atom stereocenters. The van der Waals surface area contributed by atoms with Gasteiger partial charge in [0.25, 0.3) is 6.43 Å². The highest BCUT2D eigenvalue weighted by molar-refractivity contribution is 5.25. The predicted octanol–water partition coefficient (Wildman–Crippen LogP) is 2.04. The van der Waals surface area contributed by atoms with E-state index >= 15 is 0 Å². The first-order chi connectivity index (χ1) is 5.70. The van der Waals surface area contributed by atoms with Gasteiger partial charge in [-0.1, -0.05) is 0 Å². The maximum absolute atomic E-state index is 12.3. The number of rotatable bonds is 2. The highest BCUT2D eigenvalue weighted by Gasteiger charge is 2.32. The lowest BCUT2D eigenvalue weighted by molar-refractivity contribution is 0.149. The molecule has 0 amide bonds. The van der Waals surface area contributed by atoms with Gasteiger partial charge in [-0.3, -0.25) is 4.68 Å². The first-order valence-corrected chi connectivity index (χ1v) is 3.92. The summed E-state index contributed by atoms with van der Waals surface area (Å²) in [5, 5.41) is 3.71. The van der Waals surface area contributed by atoms with Crippen molar-refractivity contribution in [3.63, 3.8) is 0 Å². The molecular weight excluding hydrogens is 162 g/mol. The zero-order valence-electron chi connectivity index (χ0n) is 6.72. The Balaban J connectivity index is 2.39. The molecule has 65 valence electrons. The van der Waals surface area contributed by atoms with Crippen molar-refractivity contribution in [3.8, 4) is 0 Å². The number of aromatic nitrogens is 2. The fourth-order valence-corrected chi connectivity index (χ4v) is 1.42. The Morgan fingerprint density at radius 3 is 2.75 bits per heavy atom. The lowest BCUT2D eigenvalue weighted by atomic mass is 10.2. The number of nitrogens with zero attached hydrogens (tertiary/aromatic N) is 2. The van der Waals surface area contributed by atoms with E-state index < -0.39 is 6.43 Å². The van der Waals surface area contributed by atoms with Crippen molar-refractivity contribution in [2.45, 2.75) is 25.2 Å². The normalized spacial score (nSPS) is 17.3. The topological polar surface area (TPSA) is 17.8 Å². The summed E-state index contributed by atoms with van der Waals surface area (Å²) < 4.78 is 26.2. The van der Waals surface area contributed by atoms with E-state index in [0.29, 0.717) is 11.6 Å². The van der Waals surface area contributed by atoms with Gasteiger partial charge in [-0.25, -0.2) is 8.78 Å². The molecule has 0 N–H and O–H groups in total. The molecular formula is C8H9F2N2. The molecule has 2 rings (SSSR count). The number of halogens is 2. The molecule has 1 aromatic rings. The van der Waals surface area contributed by atoms with Gasteiger partial charge in [0.1, 0.15) is 6.20 Å². The first kappa shape index (κ1) is 7.71. The van der Waals surface area contributed by atoms with Gasteiger partial charge in [0.05, 0.1) is 11.3 Å². The molecule has 0 saturated heterocycles. The Morgan fingerprint density at radius 2 is 2.25 bits per heavy atom. The lowest BCUT2D eigenvalue weighted by Gasteiger charge is -2.02. The minimum atomic E-state index is -2.44. The second-order valence-corrected chi connectivity index (χ2v) is 3.11. The van der Waals surface area contributed by atoms with E-state index in [2.05, 4.69) is 11.3 Å². The molecule has 0 bridgehead atoms. The Kier molecular flexibility index (Phi) is 1.63. The highest BCUT2D eigenvalue weighted by atomic mass is 19.3. The molecule has 0 aromatic carbocycles. The third-order valence-corrected chi connectivity index (χ3v) is 2.13. The van der Waals surface area contributed by atoms with Gasteiger partial charge >= 0.3 is 0 Å². The largest absolute Gasteiger partial charge is 0.271 e. The molecule has 1 radical (unpaired) electrons. The van der Waals surface area contributed by atoms with Crippen LogP contribution in [0.1, 0.15) is 36.4 Å². The molecule has 1 fully saturated rings. The van der Waals surface area contributed by atoms with Crippen molar-refractivity contribution >= 4 is 0 Å². The van der Waals surface area contributed by atoms with Crippen LogP contribution in [0.2, 0.25) is 0 Å². The van der Waals surface area contributed by atoms with Gasteiger partial charge in [0.2, 0.25) is 0 Å². The van der Waals surface area contributed by atoms with Crippen LogP contribution in [0.3, 0.4) is 0 Å². The van der Waals surface area contributed by atoms with Crippen LogP contribution in [0, 0.1) is 6.20 Å². The average molecular weight is 171 g/mol. The van der Waals surface area contributed by atoms with E-state index in [-0.39, 0.29) is 5.56 Å². The number of aryl methyl sites for hydroxylation is 1. The van der Waals surface area contributed by atoms with E-state index in [1.165, 1.54) is 4.68 Å². The minimum Gasteiger partial charge on any atom is -0.271 e. The molecule has 0 atom stereocenters. The Hall–Kier alpha value is -0.930. The van der Waals surface area contributed by atoms with Crippen LogP contribution in [0.4, 0.5) is 8.78 Å². The number of hydrogen-bond acceptors (Lipinski definition) is 1. The van der Waals surface area contributed by atoms with Gasteiger partial charge in [-0.2, -0.15) is 5.10 Å². The first-order valence-electron chi connectivity index (χ1n) is 3.92. The average Bonchev–Trinajstić information content (AvgIpc) is 2.75. The molecule has 1 aliphatic carbocycles. The van der Waals surface area contributed by atoms with Crippen LogP contribution < -0.4 is 0 Å². The Morgan fingerprint density at radius 1 is 1.58 bits per heavy atom. The summed E-state index contributed by atoms with van der Waals surface area (Å²) in [6, 6.07) is 0. The molecule has 1 aromatic heterocycles. The van der Waals surface area contributed by atoms with E-state index in [1.54, 1.807) is 7.05 Å². The van der Waals surface area contributed by atoms with Gasteiger partial charge in [0.15, 0.2) is 0 Å². The van der Waals surface area contributed by atoms with Crippen molar-refractivity contribution in [2.24, 2.45) is 7.05 Å². The van der Waals surface area contributed by atoms with Crippen molar-refractivity contribution in [3.05, 3.63) is 17.5 Å². The van der Waals surface area contributed by atoms with Gasteiger partial charge < -0.3 is 0 Å². The molecule has 0 spiro atoms. The summed E-state index contributed by atoms with van der Waals surface area (Å²) in [6.45, 7) is 0. The minimum absolute atomic E-state index is 0.0139. The maximum atomic E-state index is 12.3. The fourth-order valence-electron chi connectivity index (χ4n) is 1.42. The standard InChI is InChI=1S/C8H9F2N2/c1-12-7(5-2-3-5)6(4-11-12)8(9)10/h5,8H,2-3H2,1H3. The van der Waals surface area contributed by atoms with E-state index in [9.17, 15) is 8.78 Å². The molecule has 1 aliphatic rings. The van der Waals surface area contributed by atoms with Crippen molar-refractivity contribution < 1.29 is 8.78 Å². The number of alkyl halides is 2. The van der Waals surface area contributed by atoms with Crippen molar-refractivity contribution in [1.29, 1.82) is 0 Å². The summed E-state index contributed by atoms with van der Waals surface area (Å²) in [5.74, 6) is 0.303. The quantitative estimate of drug-likeness (QED) is 0.665. The molecule has 0 aliphatic heterocycles.